The van der Waals surface area contributed by atoms with Crippen LogP contribution in [0, 0.1) is 5.92 Å². The Hall–Kier alpha value is -2.25. The molecule has 2 N–H and O–H groups in total. The average Bonchev–Trinajstić information content (AvgIpc) is 2.68. The van der Waals surface area contributed by atoms with Crippen LogP contribution in [0.2, 0.25) is 0 Å². The van der Waals surface area contributed by atoms with Gasteiger partial charge in [0.25, 0.3) is 0 Å². The van der Waals surface area contributed by atoms with E-state index >= 15 is 0 Å². The standard InChI is InChI=1S/C20H21F3N2O2.ClH/c21-20(22,23)16-3-1-2-14(12-16)13-27-18-6-4-17(5-7-18)25-19(26)15-8-10-24-11-9-15;/h1-7,12,15,24H,8-11,13H2,(H,25,26);1H. The minimum absolute atomic E-state index is 0. The van der Waals surface area contributed by atoms with E-state index in [1.807, 2.05) is 0 Å². The highest BCUT2D eigenvalue weighted by Gasteiger charge is 2.30. The van der Waals surface area contributed by atoms with Gasteiger partial charge in [-0.3, -0.25) is 4.79 Å². The molecule has 1 fully saturated rings. The Labute approximate surface area is 167 Å². The molecule has 0 atom stereocenters. The molecule has 0 radical (unpaired) electrons. The molecule has 2 aromatic carbocycles. The molecule has 0 bridgehead atoms. The van der Waals surface area contributed by atoms with Crippen LogP contribution in [0.4, 0.5) is 18.9 Å². The van der Waals surface area contributed by atoms with Crippen molar-refractivity contribution in [3.63, 3.8) is 0 Å². The third kappa shape index (κ3) is 6.14. The number of ether oxygens (including phenoxy) is 1. The van der Waals surface area contributed by atoms with Crippen LogP contribution in [-0.2, 0) is 17.6 Å². The Morgan fingerprint density at radius 2 is 1.79 bits per heavy atom. The SMILES string of the molecule is Cl.O=C(Nc1ccc(OCc2cccc(C(F)(F)F)c2)cc1)C1CCNCC1. The monoisotopic (exact) mass is 414 g/mol. The zero-order valence-electron chi connectivity index (χ0n) is 15.1. The Morgan fingerprint density at radius 1 is 1.11 bits per heavy atom. The van der Waals surface area contributed by atoms with E-state index in [9.17, 15) is 18.0 Å². The quantitative estimate of drug-likeness (QED) is 0.749. The molecule has 1 saturated heterocycles. The van der Waals surface area contributed by atoms with Gasteiger partial charge in [0.1, 0.15) is 12.4 Å². The van der Waals surface area contributed by atoms with E-state index < -0.39 is 11.7 Å². The number of carbonyl (C=O) groups excluding carboxylic acids is 1. The molecule has 0 spiro atoms. The van der Waals surface area contributed by atoms with Gasteiger partial charge in [-0.2, -0.15) is 13.2 Å². The Bertz CT molecular complexity index is 776. The van der Waals surface area contributed by atoms with Crippen LogP contribution < -0.4 is 15.4 Å². The number of hydrogen-bond donors (Lipinski definition) is 2. The lowest BCUT2D eigenvalue weighted by molar-refractivity contribution is -0.137. The van der Waals surface area contributed by atoms with Crippen molar-refractivity contribution in [3.05, 3.63) is 59.7 Å². The van der Waals surface area contributed by atoms with Crippen molar-refractivity contribution in [2.24, 2.45) is 5.92 Å². The highest BCUT2D eigenvalue weighted by atomic mass is 35.5. The van der Waals surface area contributed by atoms with Crippen LogP contribution in [0.15, 0.2) is 48.5 Å². The molecule has 0 aromatic heterocycles. The number of nitrogens with one attached hydrogen (secondary N) is 2. The lowest BCUT2D eigenvalue weighted by atomic mass is 9.97. The molecular weight excluding hydrogens is 393 g/mol. The number of anilines is 1. The van der Waals surface area contributed by atoms with Crippen molar-refractivity contribution in [1.82, 2.24) is 5.32 Å². The second-order valence-electron chi connectivity index (χ2n) is 6.52. The fourth-order valence-electron chi connectivity index (χ4n) is 2.97. The van der Waals surface area contributed by atoms with Crippen molar-refractivity contribution in [3.8, 4) is 5.75 Å². The molecule has 152 valence electrons. The average molecular weight is 415 g/mol. The first-order valence-electron chi connectivity index (χ1n) is 8.82. The maximum absolute atomic E-state index is 12.7. The molecule has 4 nitrogen and oxygen atoms in total. The fraction of sp³-hybridized carbons (Fsp3) is 0.350. The van der Waals surface area contributed by atoms with Crippen molar-refractivity contribution in [1.29, 1.82) is 0 Å². The van der Waals surface area contributed by atoms with Gasteiger partial charge in [0, 0.05) is 11.6 Å². The number of hydrogen-bond acceptors (Lipinski definition) is 3. The van der Waals surface area contributed by atoms with Crippen LogP contribution >= 0.6 is 12.4 Å². The Balaban J connectivity index is 0.00000280. The first-order valence-corrected chi connectivity index (χ1v) is 8.82. The Kier molecular flexibility index (Phi) is 7.71. The summed E-state index contributed by atoms with van der Waals surface area (Å²) in [5.74, 6) is 0.546. The summed E-state index contributed by atoms with van der Waals surface area (Å²) in [4.78, 5) is 12.2. The molecule has 2 aromatic rings. The highest BCUT2D eigenvalue weighted by Crippen LogP contribution is 2.29. The van der Waals surface area contributed by atoms with Gasteiger partial charge in [0.05, 0.1) is 5.56 Å². The van der Waals surface area contributed by atoms with Gasteiger partial charge in [-0.05, 0) is 67.9 Å². The molecule has 8 heteroatoms. The van der Waals surface area contributed by atoms with Crippen LogP contribution in [0.5, 0.6) is 5.75 Å². The van der Waals surface area contributed by atoms with Gasteiger partial charge in [-0.15, -0.1) is 12.4 Å². The van der Waals surface area contributed by atoms with Crippen molar-refractivity contribution in [2.45, 2.75) is 25.6 Å². The molecule has 1 heterocycles. The van der Waals surface area contributed by atoms with Crippen molar-refractivity contribution < 1.29 is 22.7 Å². The number of carbonyl (C=O) groups is 1. The zero-order valence-corrected chi connectivity index (χ0v) is 15.9. The van der Waals surface area contributed by atoms with E-state index in [0.717, 1.165) is 38.1 Å². The van der Waals surface area contributed by atoms with Gasteiger partial charge in [0.15, 0.2) is 0 Å². The first kappa shape index (κ1) is 22.0. The van der Waals surface area contributed by atoms with Gasteiger partial charge in [-0.1, -0.05) is 12.1 Å². The highest BCUT2D eigenvalue weighted by molar-refractivity contribution is 5.92. The molecular formula is C20H22ClF3N2O2. The third-order valence-electron chi connectivity index (χ3n) is 4.49. The minimum Gasteiger partial charge on any atom is -0.489 e. The Morgan fingerprint density at radius 3 is 2.43 bits per heavy atom. The van der Waals surface area contributed by atoms with E-state index in [2.05, 4.69) is 10.6 Å². The number of piperidine rings is 1. The molecule has 0 saturated carbocycles. The maximum Gasteiger partial charge on any atom is 0.416 e. The van der Waals surface area contributed by atoms with Crippen LogP contribution in [0.1, 0.15) is 24.0 Å². The van der Waals surface area contributed by atoms with Gasteiger partial charge in [0.2, 0.25) is 5.91 Å². The van der Waals surface area contributed by atoms with Crippen molar-refractivity contribution in [2.75, 3.05) is 18.4 Å². The van der Waals surface area contributed by atoms with E-state index in [0.29, 0.717) is 17.0 Å². The summed E-state index contributed by atoms with van der Waals surface area (Å²) in [5.41, 5.74) is 0.414. The first-order chi connectivity index (χ1) is 12.9. The number of halogens is 4. The molecule has 1 aliphatic rings. The fourth-order valence-corrected chi connectivity index (χ4v) is 2.97. The zero-order chi connectivity index (χ0) is 19.3. The maximum atomic E-state index is 12.7. The normalized spacial score (nSPS) is 14.8. The molecule has 1 amide bonds. The molecule has 28 heavy (non-hydrogen) atoms. The van der Waals surface area contributed by atoms with Gasteiger partial charge >= 0.3 is 6.18 Å². The second-order valence-corrected chi connectivity index (χ2v) is 6.52. The van der Waals surface area contributed by atoms with E-state index in [4.69, 9.17) is 4.74 Å². The number of rotatable bonds is 5. The predicted octanol–water partition coefficient (Wildman–Crippen LogP) is 4.64. The lowest BCUT2D eigenvalue weighted by Crippen LogP contribution is -2.34. The van der Waals surface area contributed by atoms with Crippen LogP contribution in [0.25, 0.3) is 0 Å². The van der Waals surface area contributed by atoms with E-state index in [1.165, 1.54) is 6.07 Å². The van der Waals surface area contributed by atoms with E-state index in [1.54, 1.807) is 30.3 Å². The van der Waals surface area contributed by atoms with Crippen LogP contribution in [0.3, 0.4) is 0 Å². The molecule has 0 unspecified atom stereocenters. The smallest absolute Gasteiger partial charge is 0.416 e. The summed E-state index contributed by atoms with van der Waals surface area (Å²) in [6.45, 7) is 1.73. The summed E-state index contributed by atoms with van der Waals surface area (Å²) in [5, 5.41) is 6.11. The number of alkyl halides is 3. The summed E-state index contributed by atoms with van der Waals surface area (Å²) < 4.78 is 43.8. The third-order valence-corrected chi connectivity index (χ3v) is 4.49. The summed E-state index contributed by atoms with van der Waals surface area (Å²) in [6, 6.07) is 11.9. The number of benzene rings is 2. The van der Waals surface area contributed by atoms with Gasteiger partial charge in [-0.25, -0.2) is 0 Å². The van der Waals surface area contributed by atoms with Gasteiger partial charge < -0.3 is 15.4 Å². The summed E-state index contributed by atoms with van der Waals surface area (Å²) in [6.07, 6.45) is -2.72. The molecule has 1 aliphatic heterocycles. The number of amides is 1. The largest absolute Gasteiger partial charge is 0.489 e. The lowest BCUT2D eigenvalue weighted by Gasteiger charge is -2.21. The van der Waals surface area contributed by atoms with Crippen molar-refractivity contribution >= 4 is 24.0 Å². The van der Waals surface area contributed by atoms with Crippen LogP contribution in [-0.4, -0.2) is 19.0 Å². The summed E-state index contributed by atoms with van der Waals surface area (Å²) in [7, 11) is 0. The second kappa shape index (κ2) is 9.80. The topological polar surface area (TPSA) is 50.4 Å². The molecule has 3 rings (SSSR count). The predicted molar refractivity (Wildman–Crippen MR) is 104 cm³/mol. The summed E-state index contributed by atoms with van der Waals surface area (Å²) >= 11 is 0. The molecule has 0 aliphatic carbocycles. The minimum atomic E-state index is -4.37. The van der Waals surface area contributed by atoms with E-state index in [-0.39, 0.29) is 30.8 Å².